The molecule has 0 atom stereocenters. The van der Waals surface area contributed by atoms with E-state index in [0.29, 0.717) is 0 Å². The van der Waals surface area contributed by atoms with E-state index < -0.39 is 0 Å². The average Bonchev–Trinajstić information content (AvgIpc) is 3.71. The van der Waals surface area contributed by atoms with E-state index in [1.54, 1.807) is 0 Å². The second kappa shape index (κ2) is 11.5. The number of hydrogen-bond donors (Lipinski definition) is 0. The summed E-state index contributed by atoms with van der Waals surface area (Å²) in [5, 5.41) is 10.3. The summed E-state index contributed by atoms with van der Waals surface area (Å²) >= 11 is 0. The molecule has 0 fully saturated rings. The molecule has 0 radical (unpaired) electrons. The highest BCUT2D eigenvalue weighted by Crippen LogP contribution is 2.55. The van der Waals surface area contributed by atoms with Crippen molar-refractivity contribution >= 4 is 60.2 Å². The molecular weight excluding hydrogens is 675 g/mol. The first-order valence-corrected chi connectivity index (χ1v) is 19.7. The van der Waals surface area contributed by atoms with Crippen molar-refractivity contribution in [3.8, 4) is 44.5 Å². The van der Waals surface area contributed by atoms with Crippen LogP contribution < -0.4 is 4.90 Å². The summed E-state index contributed by atoms with van der Waals surface area (Å²) in [5.74, 6) is 0. The summed E-state index contributed by atoms with van der Waals surface area (Å²) in [4.78, 5) is 2.52. The molecular formula is C55H37N. The van der Waals surface area contributed by atoms with Gasteiger partial charge in [-0.15, -0.1) is 0 Å². The van der Waals surface area contributed by atoms with E-state index in [2.05, 4.69) is 207 Å². The average molecular weight is 712 g/mol. The molecule has 0 spiro atoms. The van der Waals surface area contributed by atoms with Gasteiger partial charge in [0.05, 0.1) is 5.69 Å². The number of anilines is 3. The molecule has 1 heteroatoms. The van der Waals surface area contributed by atoms with Crippen LogP contribution in [0.5, 0.6) is 0 Å². The lowest BCUT2D eigenvalue weighted by Crippen LogP contribution is -2.16. The first kappa shape index (κ1) is 31.4. The van der Waals surface area contributed by atoms with Crippen LogP contribution in [0.3, 0.4) is 0 Å². The fourth-order valence-electron chi connectivity index (χ4n) is 10.3. The lowest BCUT2D eigenvalue weighted by atomic mass is 9.82. The van der Waals surface area contributed by atoms with E-state index in [4.69, 9.17) is 0 Å². The minimum atomic E-state index is -0.117. The number of rotatable bonds is 4. The van der Waals surface area contributed by atoms with Gasteiger partial charge in [-0.05, 0) is 123 Å². The molecule has 56 heavy (non-hydrogen) atoms. The molecule has 10 aromatic carbocycles. The number of fused-ring (bicyclic) bond motifs is 12. The normalized spacial score (nSPS) is 13.3. The van der Waals surface area contributed by atoms with Crippen molar-refractivity contribution in [1.29, 1.82) is 0 Å². The van der Waals surface area contributed by atoms with Crippen molar-refractivity contribution < 1.29 is 0 Å². The van der Waals surface area contributed by atoms with Gasteiger partial charge in [0.15, 0.2) is 0 Å². The molecule has 0 saturated heterocycles. The van der Waals surface area contributed by atoms with E-state index in [0.717, 1.165) is 11.4 Å². The third kappa shape index (κ3) is 4.26. The van der Waals surface area contributed by atoms with Crippen LogP contribution in [0.4, 0.5) is 17.1 Å². The maximum atomic E-state index is 2.52. The Bertz CT molecular complexity index is 3260. The summed E-state index contributed by atoms with van der Waals surface area (Å²) in [6.07, 6.45) is 0. The largest absolute Gasteiger partial charge is 0.310 e. The van der Waals surface area contributed by atoms with Crippen LogP contribution in [0.1, 0.15) is 25.0 Å². The third-order valence-corrected chi connectivity index (χ3v) is 12.8. The highest BCUT2D eigenvalue weighted by molar-refractivity contribution is 6.26. The second-order valence-electron chi connectivity index (χ2n) is 16.0. The van der Waals surface area contributed by atoms with E-state index in [1.807, 2.05) is 0 Å². The maximum Gasteiger partial charge on any atom is 0.0543 e. The Hall–Kier alpha value is -6.96. The standard InChI is InChI=1S/C55H37N/c1-55(2)49-25-10-9-23-47(49)54-50(55)26-13-27-51(54)56(37-29-31-44-41-19-4-3-17-39(41)40-18-5-6-20-42(40)48(44)33-37)36-16-11-15-35(32-36)38-30-28-34-14-12-24-45-43-21-7-8-22-46(43)53(38)52(34)45/h3-33H,1-2H3. The zero-order valence-corrected chi connectivity index (χ0v) is 31.3. The van der Waals surface area contributed by atoms with Crippen LogP contribution in [0.25, 0.3) is 87.6 Å². The Balaban J connectivity index is 1.14. The molecule has 0 aromatic heterocycles. The van der Waals surface area contributed by atoms with Crippen LogP contribution >= 0.6 is 0 Å². The van der Waals surface area contributed by atoms with Gasteiger partial charge in [0.2, 0.25) is 0 Å². The molecule has 0 unspecified atom stereocenters. The quantitative estimate of drug-likeness (QED) is 0.164. The minimum Gasteiger partial charge on any atom is -0.310 e. The summed E-state index contributed by atoms with van der Waals surface area (Å²) in [5.41, 5.74) is 16.5. The highest BCUT2D eigenvalue weighted by Gasteiger charge is 2.38. The molecule has 10 aromatic rings. The predicted octanol–water partition coefficient (Wildman–Crippen LogP) is 15.4. The van der Waals surface area contributed by atoms with Gasteiger partial charge < -0.3 is 4.90 Å². The molecule has 12 rings (SSSR count). The van der Waals surface area contributed by atoms with E-state index in [9.17, 15) is 0 Å². The van der Waals surface area contributed by atoms with Crippen molar-refractivity contribution in [3.63, 3.8) is 0 Å². The van der Waals surface area contributed by atoms with E-state index in [1.165, 1.54) is 104 Å². The Morgan fingerprint density at radius 2 is 0.946 bits per heavy atom. The first-order chi connectivity index (χ1) is 27.6. The van der Waals surface area contributed by atoms with Crippen LogP contribution in [0, 0.1) is 0 Å². The summed E-state index contributed by atoms with van der Waals surface area (Å²) in [6.45, 7) is 4.74. The molecule has 0 saturated carbocycles. The second-order valence-corrected chi connectivity index (χ2v) is 16.0. The SMILES string of the molecule is CC1(C)c2ccccc2-c2c(N(c3cccc(-c4ccc5cccc6c5c4-c4ccccc4-6)c3)c3ccc4c5ccccc5c5ccccc5c4c3)cccc21. The van der Waals surface area contributed by atoms with Crippen LogP contribution in [0.2, 0.25) is 0 Å². The molecule has 0 amide bonds. The van der Waals surface area contributed by atoms with Crippen LogP contribution in [0.15, 0.2) is 188 Å². The molecule has 0 aliphatic heterocycles. The molecule has 262 valence electrons. The minimum absolute atomic E-state index is 0.117. The Morgan fingerprint density at radius 1 is 0.357 bits per heavy atom. The monoisotopic (exact) mass is 711 g/mol. The molecule has 2 aliphatic carbocycles. The molecule has 2 aliphatic rings. The van der Waals surface area contributed by atoms with E-state index >= 15 is 0 Å². The lowest BCUT2D eigenvalue weighted by molar-refractivity contribution is 0.660. The zero-order chi connectivity index (χ0) is 37.1. The van der Waals surface area contributed by atoms with Gasteiger partial charge in [-0.25, -0.2) is 0 Å². The first-order valence-electron chi connectivity index (χ1n) is 19.7. The van der Waals surface area contributed by atoms with Gasteiger partial charge in [0.25, 0.3) is 0 Å². The van der Waals surface area contributed by atoms with Crippen molar-refractivity contribution in [2.75, 3.05) is 4.90 Å². The fraction of sp³-hybridized carbons (Fsp3) is 0.0545. The third-order valence-electron chi connectivity index (χ3n) is 12.8. The van der Waals surface area contributed by atoms with Gasteiger partial charge in [-0.2, -0.15) is 0 Å². The highest BCUT2D eigenvalue weighted by atomic mass is 15.1. The number of hydrogen-bond acceptors (Lipinski definition) is 1. The van der Waals surface area contributed by atoms with Gasteiger partial charge in [0, 0.05) is 22.4 Å². The van der Waals surface area contributed by atoms with Crippen LogP contribution in [-0.2, 0) is 5.41 Å². The number of nitrogens with zero attached hydrogens (tertiary/aromatic N) is 1. The van der Waals surface area contributed by atoms with Crippen molar-refractivity contribution in [3.05, 3.63) is 199 Å². The predicted molar refractivity (Wildman–Crippen MR) is 239 cm³/mol. The molecule has 0 bridgehead atoms. The van der Waals surface area contributed by atoms with Crippen LogP contribution in [-0.4, -0.2) is 0 Å². The lowest BCUT2D eigenvalue weighted by Gasteiger charge is -2.29. The van der Waals surface area contributed by atoms with Crippen molar-refractivity contribution in [2.45, 2.75) is 19.3 Å². The van der Waals surface area contributed by atoms with E-state index in [-0.39, 0.29) is 5.41 Å². The molecule has 0 heterocycles. The van der Waals surface area contributed by atoms with Crippen molar-refractivity contribution in [2.24, 2.45) is 0 Å². The maximum absolute atomic E-state index is 2.52. The smallest absolute Gasteiger partial charge is 0.0543 e. The fourth-order valence-corrected chi connectivity index (χ4v) is 10.3. The Labute approximate surface area is 326 Å². The van der Waals surface area contributed by atoms with Crippen molar-refractivity contribution in [1.82, 2.24) is 0 Å². The Morgan fingerprint density at radius 3 is 1.73 bits per heavy atom. The summed E-state index contributed by atoms with van der Waals surface area (Å²) in [6, 6.07) is 70.2. The number of benzene rings is 10. The van der Waals surface area contributed by atoms with Gasteiger partial charge in [-0.3, -0.25) is 0 Å². The molecule has 0 N–H and O–H groups in total. The van der Waals surface area contributed by atoms with Gasteiger partial charge in [0.1, 0.15) is 0 Å². The Kier molecular flexibility index (Phi) is 6.46. The summed E-state index contributed by atoms with van der Waals surface area (Å²) in [7, 11) is 0. The summed E-state index contributed by atoms with van der Waals surface area (Å²) < 4.78 is 0. The topological polar surface area (TPSA) is 3.24 Å². The van der Waals surface area contributed by atoms with Gasteiger partial charge >= 0.3 is 0 Å². The molecule has 1 nitrogen and oxygen atoms in total. The zero-order valence-electron chi connectivity index (χ0n) is 31.3. The van der Waals surface area contributed by atoms with Gasteiger partial charge in [-0.1, -0.05) is 172 Å².